The lowest BCUT2D eigenvalue weighted by Crippen LogP contribution is -1.78. The van der Waals surface area contributed by atoms with Gasteiger partial charge in [-0.2, -0.15) is 5.10 Å². The predicted octanol–water partition coefficient (Wildman–Crippen LogP) is 2.29. The van der Waals surface area contributed by atoms with Crippen LogP contribution in [0.25, 0.3) is 11.0 Å². The Hall–Kier alpha value is -1.38. The molecule has 12 heavy (non-hydrogen) atoms. The molecule has 0 atom stereocenters. The van der Waals surface area contributed by atoms with Crippen LogP contribution in [0.2, 0.25) is 0 Å². The van der Waals surface area contributed by atoms with Crippen LogP contribution in [0.4, 0.5) is 0 Å². The third-order valence-electron chi connectivity index (χ3n) is 1.44. The van der Waals surface area contributed by atoms with Crippen LogP contribution in [-0.2, 0) is 0 Å². The molecule has 2 aromatic heterocycles. The lowest BCUT2D eigenvalue weighted by Gasteiger charge is -1.88. The van der Waals surface area contributed by atoms with Gasteiger partial charge in [-0.25, -0.2) is 4.98 Å². The van der Waals surface area contributed by atoms with Gasteiger partial charge in [0.05, 0.1) is 11.7 Å². The SMILES string of the molecule is CC.Cc1ccc2[nH]ncc2n1. The summed E-state index contributed by atoms with van der Waals surface area (Å²) in [4.78, 5) is 4.24. The lowest BCUT2D eigenvalue weighted by atomic mass is 10.3. The van der Waals surface area contributed by atoms with Crippen molar-refractivity contribution in [2.45, 2.75) is 20.8 Å². The van der Waals surface area contributed by atoms with E-state index in [0.717, 1.165) is 16.7 Å². The molecule has 0 spiro atoms. The maximum Gasteiger partial charge on any atom is 0.108 e. The molecular weight excluding hydrogens is 150 g/mol. The Morgan fingerprint density at radius 3 is 2.75 bits per heavy atom. The third-order valence-corrected chi connectivity index (χ3v) is 1.44. The Balaban J connectivity index is 0.000000336. The maximum absolute atomic E-state index is 4.24. The topological polar surface area (TPSA) is 41.6 Å². The Bertz CT molecular complexity index is 351. The van der Waals surface area contributed by atoms with Crippen molar-refractivity contribution in [1.82, 2.24) is 15.2 Å². The summed E-state index contributed by atoms with van der Waals surface area (Å²) >= 11 is 0. The average molecular weight is 163 g/mol. The first-order valence-electron chi connectivity index (χ1n) is 4.13. The standard InChI is InChI=1S/C7H7N3.C2H6/c1-5-2-3-6-7(9-5)4-8-10-6;1-2/h2-4H,1H3,(H,8,10);1-2H3. The molecule has 0 aliphatic heterocycles. The fourth-order valence-corrected chi connectivity index (χ4v) is 0.933. The highest BCUT2D eigenvalue weighted by atomic mass is 15.1. The molecule has 0 amide bonds. The molecule has 0 saturated carbocycles. The zero-order chi connectivity index (χ0) is 8.97. The summed E-state index contributed by atoms with van der Waals surface area (Å²) in [6.45, 7) is 5.96. The number of nitrogens with zero attached hydrogens (tertiary/aromatic N) is 2. The molecule has 0 bridgehead atoms. The lowest BCUT2D eigenvalue weighted by molar-refractivity contribution is 1.12. The Kier molecular flexibility index (Phi) is 2.80. The van der Waals surface area contributed by atoms with Gasteiger partial charge in [-0.05, 0) is 19.1 Å². The van der Waals surface area contributed by atoms with Gasteiger partial charge in [0.25, 0.3) is 0 Å². The van der Waals surface area contributed by atoms with E-state index < -0.39 is 0 Å². The van der Waals surface area contributed by atoms with Gasteiger partial charge < -0.3 is 0 Å². The highest BCUT2D eigenvalue weighted by molar-refractivity contribution is 5.72. The zero-order valence-corrected chi connectivity index (χ0v) is 7.63. The van der Waals surface area contributed by atoms with Crippen molar-refractivity contribution in [2.75, 3.05) is 0 Å². The van der Waals surface area contributed by atoms with Crippen LogP contribution in [0.1, 0.15) is 19.5 Å². The predicted molar refractivity (Wildman–Crippen MR) is 50.0 cm³/mol. The van der Waals surface area contributed by atoms with Gasteiger partial charge in [0.15, 0.2) is 0 Å². The summed E-state index contributed by atoms with van der Waals surface area (Å²) in [7, 11) is 0. The van der Waals surface area contributed by atoms with Crippen molar-refractivity contribution in [3.63, 3.8) is 0 Å². The van der Waals surface area contributed by atoms with Crippen molar-refractivity contribution in [2.24, 2.45) is 0 Å². The Morgan fingerprint density at radius 1 is 1.25 bits per heavy atom. The van der Waals surface area contributed by atoms with E-state index in [9.17, 15) is 0 Å². The minimum absolute atomic E-state index is 0.931. The number of hydrogen-bond acceptors (Lipinski definition) is 2. The molecule has 0 aromatic carbocycles. The van der Waals surface area contributed by atoms with Crippen LogP contribution in [-0.4, -0.2) is 15.2 Å². The van der Waals surface area contributed by atoms with Gasteiger partial charge in [0.2, 0.25) is 0 Å². The molecule has 2 rings (SSSR count). The minimum Gasteiger partial charge on any atom is -0.276 e. The Labute approximate surface area is 71.8 Å². The summed E-state index contributed by atoms with van der Waals surface area (Å²) in [5, 5.41) is 6.69. The molecule has 0 unspecified atom stereocenters. The third kappa shape index (κ3) is 1.61. The second-order valence-corrected chi connectivity index (χ2v) is 2.26. The molecule has 2 aromatic rings. The van der Waals surface area contributed by atoms with Crippen molar-refractivity contribution in [1.29, 1.82) is 0 Å². The second-order valence-electron chi connectivity index (χ2n) is 2.26. The highest BCUT2D eigenvalue weighted by Crippen LogP contribution is 2.06. The van der Waals surface area contributed by atoms with E-state index >= 15 is 0 Å². The number of aryl methyl sites for hydroxylation is 1. The number of fused-ring (bicyclic) bond motifs is 1. The molecule has 0 radical (unpaired) electrons. The van der Waals surface area contributed by atoms with Crippen molar-refractivity contribution in [3.8, 4) is 0 Å². The molecule has 0 saturated heterocycles. The average Bonchev–Trinajstić information content (AvgIpc) is 2.54. The van der Waals surface area contributed by atoms with Crippen LogP contribution in [0.3, 0.4) is 0 Å². The molecule has 2 heterocycles. The zero-order valence-electron chi connectivity index (χ0n) is 7.63. The maximum atomic E-state index is 4.24. The number of pyridine rings is 1. The minimum atomic E-state index is 0.931. The van der Waals surface area contributed by atoms with Gasteiger partial charge in [-0.1, -0.05) is 13.8 Å². The fourth-order valence-electron chi connectivity index (χ4n) is 0.933. The van der Waals surface area contributed by atoms with Crippen LogP contribution in [0.5, 0.6) is 0 Å². The summed E-state index contributed by atoms with van der Waals surface area (Å²) < 4.78 is 0. The van der Waals surface area contributed by atoms with E-state index in [2.05, 4.69) is 15.2 Å². The van der Waals surface area contributed by atoms with E-state index in [1.54, 1.807) is 6.20 Å². The van der Waals surface area contributed by atoms with E-state index in [0.29, 0.717) is 0 Å². The van der Waals surface area contributed by atoms with E-state index in [4.69, 9.17) is 0 Å². The molecule has 3 heteroatoms. The largest absolute Gasteiger partial charge is 0.276 e. The normalized spacial score (nSPS) is 9.25. The van der Waals surface area contributed by atoms with Gasteiger partial charge in [0.1, 0.15) is 5.52 Å². The van der Waals surface area contributed by atoms with Gasteiger partial charge in [-0.3, -0.25) is 5.10 Å². The molecule has 0 aliphatic carbocycles. The molecule has 0 fully saturated rings. The monoisotopic (exact) mass is 163 g/mol. The van der Waals surface area contributed by atoms with Gasteiger partial charge in [0, 0.05) is 5.69 Å². The van der Waals surface area contributed by atoms with E-state index in [-0.39, 0.29) is 0 Å². The van der Waals surface area contributed by atoms with Crippen molar-refractivity contribution >= 4 is 11.0 Å². The molecule has 3 nitrogen and oxygen atoms in total. The summed E-state index contributed by atoms with van der Waals surface area (Å²) in [6.07, 6.45) is 1.72. The van der Waals surface area contributed by atoms with E-state index in [1.807, 2.05) is 32.9 Å². The van der Waals surface area contributed by atoms with Gasteiger partial charge >= 0.3 is 0 Å². The number of aromatic nitrogens is 3. The molecular formula is C9H13N3. The number of nitrogens with one attached hydrogen (secondary N) is 1. The van der Waals surface area contributed by atoms with Crippen LogP contribution < -0.4 is 0 Å². The summed E-state index contributed by atoms with van der Waals surface area (Å²) in [5.74, 6) is 0. The first kappa shape index (κ1) is 8.71. The van der Waals surface area contributed by atoms with Crippen molar-refractivity contribution in [3.05, 3.63) is 24.0 Å². The number of aromatic amines is 1. The quantitative estimate of drug-likeness (QED) is 0.647. The Morgan fingerprint density at radius 2 is 2.00 bits per heavy atom. The first-order valence-corrected chi connectivity index (χ1v) is 4.13. The fraction of sp³-hybridized carbons (Fsp3) is 0.333. The second kappa shape index (κ2) is 3.85. The van der Waals surface area contributed by atoms with E-state index in [1.165, 1.54) is 0 Å². The van der Waals surface area contributed by atoms with Gasteiger partial charge in [-0.15, -0.1) is 0 Å². The summed E-state index contributed by atoms with van der Waals surface area (Å²) in [5.41, 5.74) is 2.94. The van der Waals surface area contributed by atoms with Crippen LogP contribution in [0.15, 0.2) is 18.3 Å². The molecule has 0 aliphatic rings. The van der Waals surface area contributed by atoms with Crippen molar-refractivity contribution < 1.29 is 0 Å². The van der Waals surface area contributed by atoms with Crippen LogP contribution >= 0.6 is 0 Å². The molecule has 1 N–H and O–H groups in total. The molecule has 64 valence electrons. The first-order chi connectivity index (χ1) is 5.86. The number of H-pyrrole nitrogens is 1. The number of rotatable bonds is 0. The highest BCUT2D eigenvalue weighted by Gasteiger charge is 1.93. The number of hydrogen-bond donors (Lipinski definition) is 1. The smallest absolute Gasteiger partial charge is 0.108 e. The summed E-state index contributed by atoms with van der Waals surface area (Å²) in [6, 6.07) is 3.94. The van der Waals surface area contributed by atoms with Crippen LogP contribution in [0, 0.1) is 6.92 Å².